The molecular formula is C18H20N2O4. The molecule has 0 bridgehead atoms. The van der Waals surface area contributed by atoms with Gasteiger partial charge in [-0.15, -0.1) is 0 Å². The van der Waals surface area contributed by atoms with Crippen molar-refractivity contribution in [3.05, 3.63) is 42.5 Å². The molecule has 0 aromatic heterocycles. The van der Waals surface area contributed by atoms with Gasteiger partial charge in [0.25, 0.3) is 0 Å². The molecule has 0 radical (unpaired) electrons. The Bertz CT molecular complexity index is 741. The molecule has 0 spiro atoms. The first-order valence-electron chi connectivity index (χ1n) is 7.97. The maximum Gasteiger partial charge on any atom is 0.321 e. The SMILES string of the molecule is O=C(CC(C(=O)O)N1CCOCC1)Nc1ccc2ccccc2c1. The Balaban J connectivity index is 1.67. The minimum atomic E-state index is -0.981. The van der Waals surface area contributed by atoms with Gasteiger partial charge in [-0.05, 0) is 22.9 Å². The molecule has 1 heterocycles. The van der Waals surface area contributed by atoms with Gasteiger partial charge in [0, 0.05) is 18.8 Å². The van der Waals surface area contributed by atoms with E-state index in [1.54, 1.807) is 4.90 Å². The number of benzene rings is 2. The maximum absolute atomic E-state index is 12.3. The average Bonchev–Trinajstić information content (AvgIpc) is 2.60. The third-order valence-electron chi connectivity index (χ3n) is 4.18. The highest BCUT2D eigenvalue weighted by atomic mass is 16.5. The molecule has 0 saturated carbocycles. The lowest BCUT2D eigenvalue weighted by Gasteiger charge is -2.31. The van der Waals surface area contributed by atoms with Crippen LogP contribution < -0.4 is 5.32 Å². The summed E-state index contributed by atoms with van der Waals surface area (Å²) < 4.78 is 5.24. The van der Waals surface area contributed by atoms with Gasteiger partial charge in [-0.1, -0.05) is 30.3 Å². The van der Waals surface area contributed by atoms with Crippen LogP contribution in [-0.2, 0) is 14.3 Å². The van der Waals surface area contributed by atoms with Crippen LogP contribution >= 0.6 is 0 Å². The molecule has 1 fully saturated rings. The van der Waals surface area contributed by atoms with Gasteiger partial charge < -0.3 is 15.2 Å². The number of hydrogen-bond donors (Lipinski definition) is 2. The van der Waals surface area contributed by atoms with E-state index in [0.717, 1.165) is 10.8 Å². The molecule has 1 amide bonds. The molecular weight excluding hydrogens is 308 g/mol. The number of nitrogens with zero attached hydrogens (tertiary/aromatic N) is 1. The van der Waals surface area contributed by atoms with Crippen molar-refractivity contribution in [1.82, 2.24) is 4.90 Å². The second-order valence-corrected chi connectivity index (χ2v) is 5.82. The first kappa shape index (κ1) is 16.4. The number of carboxylic acids is 1. The Morgan fingerprint density at radius 1 is 1.12 bits per heavy atom. The summed E-state index contributed by atoms with van der Waals surface area (Å²) in [4.78, 5) is 25.6. The molecule has 1 unspecified atom stereocenters. The normalized spacial score (nSPS) is 16.7. The Morgan fingerprint density at radius 3 is 2.54 bits per heavy atom. The van der Waals surface area contributed by atoms with Gasteiger partial charge in [0.2, 0.25) is 5.91 Å². The lowest BCUT2D eigenvalue weighted by atomic mass is 10.1. The molecule has 6 nitrogen and oxygen atoms in total. The fraction of sp³-hybridized carbons (Fsp3) is 0.333. The summed E-state index contributed by atoms with van der Waals surface area (Å²) in [7, 11) is 0. The predicted octanol–water partition coefficient (Wildman–Crippen LogP) is 1.95. The zero-order valence-corrected chi connectivity index (χ0v) is 13.3. The van der Waals surface area contributed by atoms with Crippen LogP contribution in [0.2, 0.25) is 0 Å². The number of ether oxygens (including phenoxy) is 1. The van der Waals surface area contributed by atoms with Crippen LogP contribution in [0, 0.1) is 0 Å². The second-order valence-electron chi connectivity index (χ2n) is 5.82. The molecule has 1 saturated heterocycles. The number of rotatable bonds is 5. The Labute approximate surface area is 140 Å². The third kappa shape index (κ3) is 3.90. The first-order valence-corrected chi connectivity index (χ1v) is 7.97. The number of hydrogen-bond acceptors (Lipinski definition) is 4. The summed E-state index contributed by atoms with van der Waals surface area (Å²) >= 11 is 0. The number of carbonyl (C=O) groups is 2. The van der Waals surface area contributed by atoms with Crippen LogP contribution in [0.1, 0.15) is 6.42 Å². The van der Waals surface area contributed by atoms with Crippen LogP contribution in [-0.4, -0.2) is 54.2 Å². The second kappa shape index (κ2) is 7.42. The summed E-state index contributed by atoms with van der Waals surface area (Å²) in [6.07, 6.45) is -0.0812. The highest BCUT2D eigenvalue weighted by Crippen LogP contribution is 2.19. The van der Waals surface area contributed by atoms with Crippen molar-refractivity contribution >= 4 is 28.3 Å². The standard InChI is InChI=1S/C18H20N2O4/c21-17(12-16(18(22)23)20-7-9-24-10-8-20)19-15-6-5-13-3-1-2-4-14(13)11-15/h1-6,11,16H,7-10,12H2,(H,19,21)(H,22,23). The van der Waals surface area contributed by atoms with E-state index in [1.807, 2.05) is 42.5 Å². The van der Waals surface area contributed by atoms with E-state index < -0.39 is 12.0 Å². The van der Waals surface area contributed by atoms with Crippen molar-refractivity contribution in [2.75, 3.05) is 31.6 Å². The molecule has 1 aliphatic rings. The lowest BCUT2D eigenvalue weighted by molar-refractivity contribution is -0.147. The fourth-order valence-electron chi connectivity index (χ4n) is 2.92. The summed E-state index contributed by atoms with van der Waals surface area (Å²) in [6, 6.07) is 12.7. The number of nitrogens with one attached hydrogen (secondary N) is 1. The van der Waals surface area contributed by atoms with E-state index in [9.17, 15) is 14.7 Å². The van der Waals surface area contributed by atoms with E-state index in [1.165, 1.54) is 0 Å². The Kier molecular flexibility index (Phi) is 5.08. The van der Waals surface area contributed by atoms with Gasteiger partial charge >= 0.3 is 5.97 Å². The third-order valence-corrected chi connectivity index (χ3v) is 4.18. The smallest absolute Gasteiger partial charge is 0.321 e. The summed E-state index contributed by atoms with van der Waals surface area (Å²) in [6.45, 7) is 2.05. The molecule has 2 aromatic carbocycles. The number of carboxylic acid groups (broad SMARTS) is 1. The van der Waals surface area contributed by atoms with E-state index in [4.69, 9.17) is 4.74 Å². The van der Waals surface area contributed by atoms with Crippen molar-refractivity contribution in [2.24, 2.45) is 0 Å². The van der Waals surface area contributed by atoms with E-state index in [2.05, 4.69) is 5.32 Å². The highest BCUT2D eigenvalue weighted by molar-refractivity contribution is 5.96. The van der Waals surface area contributed by atoms with Crippen LogP contribution in [0.25, 0.3) is 10.8 Å². The number of fused-ring (bicyclic) bond motifs is 1. The predicted molar refractivity (Wildman–Crippen MR) is 91.0 cm³/mol. The van der Waals surface area contributed by atoms with Crippen molar-refractivity contribution in [1.29, 1.82) is 0 Å². The number of aliphatic carboxylic acids is 1. The van der Waals surface area contributed by atoms with Crippen LogP contribution in [0.4, 0.5) is 5.69 Å². The number of amides is 1. The Morgan fingerprint density at radius 2 is 1.83 bits per heavy atom. The fourth-order valence-corrected chi connectivity index (χ4v) is 2.92. The van der Waals surface area contributed by atoms with Gasteiger partial charge in [-0.3, -0.25) is 14.5 Å². The molecule has 24 heavy (non-hydrogen) atoms. The van der Waals surface area contributed by atoms with Gasteiger partial charge in [-0.25, -0.2) is 0 Å². The molecule has 1 atom stereocenters. The van der Waals surface area contributed by atoms with Gasteiger partial charge in [0.1, 0.15) is 6.04 Å². The molecule has 1 aliphatic heterocycles. The van der Waals surface area contributed by atoms with E-state index in [0.29, 0.717) is 32.0 Å². The monoisotopic (exact) mass is 328 g/mol. The van der Waals surface area contributed by atoms with E-state index >= 15 is 0 Å². The summed E-state index contributed by atoms with van der Waals surface area (Å²) in [5.41, 5.74) is 0.671. The number of morpholine rings is 1. The first-order chi connectivity index (χ1) is 11.6. The molecule has 6 heteroatoms. The molecule has 2 aromatic rings. The molecule has 3 rings (SSSR count). The quantitative estimate of drug-likeness (QED) is 0.877. The van der Waals surface area contributed by atoms with Gasteiger partial charge in [0.15, 0.2) is 0 Å². The zero-order chi connectivity index (χ0) is 16.9. The number of anilines is 1. The topological polar surface area (TPSA) is 78.9 Å². The van der Waals surface area contributed by atoms with Crippen LogP contribution in [0.3, 0.4) is 0 Å². The minimum Gasteiger partial charge on any atom is -0.480 e. The summed E-state index contributed by atoms with van der Waals surface area (Å²) in [5.74, 6) is -1.28. The Hall–Kier alpha value is -2.44. The van der Waals surface area contributed by atoms with Crippen molar-refractivity contribution < 1.29 is 19.4 Å². The van der Waals surface area contributed by atoms with Crippen molar-refractivity contribution in [2.45, 2.75) is 12.5 Å². The molecule has 126 valence electrons. The van der Waals surface area contributed by atoms with Crippen molar-refractivity contribution in [3.63, 3.8) is 0 Å². The van der Waals surface area contributed by atoms with E-state index in [-0.39, 0.29) is 12.3 Å². The minimum absolute atomic E-state index is 0.0812. The van der Waals surface area contributed by atoms with Gasteiger partial charge in [0.05, 0.1) is 19.6 Å². The maximum atomic E-state index is 12.3. The highest BCUT2D eigenvalue weighted by Gasteiger charge is 2.29. The average molecular weight is 328 g/mol. The summed E-state index contributed by atoms with van der Waals surface area (Å²) in [5, 5.41) is 14.3. The molecule has 0 aliphatic carbocycles. The van der Waals surface area contributed by atoms with Crippen molar-refractivity contribution in [3.8, 4) is 0 Å². The van der Waals surface area contributed by atoms with Gasteiger partial charge in [-0.2, -0.15) is 0 Å². The van der Waals surface area contributed by atoms with Crippen LogP contribution in [0.5, 0.6) is 0 Å². The lowest BCUT2D eigenvalue weighted by Crippen LogP contribution is -2.48. The largest absolute Gasteiger partial charge is 0.480 e. The van der Waals surface area contributed by atoms with Crippen LogP contribution in [0.15, 0.2) is 42.5 Å². The molecule has 2 N–H and O–H groups in total. The zero-order valence-electron chi connectivity index (χ0n) is 13.3. The number of carbonyl (C=O) groups excluding carboxylic acids is 1.